The summed E-state index contributed by atoms with van der Waals surface area (Å²) < 4.78 is 39.3. The average Bonchev–Trinajstić information content (AvgIpc) is 2.88. The van der Waals surface area contributed by atoms with Crippen LogP contribution in [0.25, 0.3) is 6.08 Å². The second-order valence-electron chi connectivity index (χ2n) is 5.05. The second kappa shape index (κ2) is 6.93. The molecule has 1 N–H and O–H groups in total. The minimum absolute atomic E-state index is 0.0849. The van der Waals surface area contributed by atoms with Crippen molar-refractivity contribution in [3.8, 4) is 0 Å². The fourth-order valence-corrected chi connectivity index (χ4v) is 3.02. The van der Waals surface area contributed by atoms with Crippen LogP contribution in [0.1, 0.15) is 11.1 Å². The summed E-state index contributed by atoms with van der Waals surface area (Å²) in [6.45, 7) is 0. The molecule has 0 radical (unpaired) electrons. The summed E-state index contributed by atoms with van der Waals surface area (Å²) >= 11 is 6.70. The Bertz CT molecular complexity index is 876. The molecule has 3 nitrogen and oxygen atoms in total. The van der Waals surface area contributed by atoms with Crippen LogP contribution < -0.4 is 5.32 Å². The molecule has 25 heavy (non-hydrogen) atoms. The Morgan fingerprint density at radius 2 is 1.76 bits per heavy atom. The monoisotopic (exact) mass is 382 g/mol. The molecule has 0 saturated carbocycles. The number of hydrogen-bond donors (Lipinski definition) is 1. The summed E-state index contributed by atoms with van der Waals surface area (Å²) in [5.41, 5.74) is -0.366. The van der Waals surface area contributed by atoms with E-state index in [-0.39, 0.29) is 11.5 Å². The smallest absolute Gasteiger partial charge is 0.300 e. The number of thioether (sulfide) groups is 1. The number of halogens is 4. The van der Waals surface area contributed by atoms with Crippen LogP contribution in [-0.4, -0.2) is 11.1 Å². The van der Waals surface area contributed by atoms with Crippen molar-refractivity contribution in [2.24, 2.45) is 4.99 Å². The van der Waals surface area contributed by atoms with E-state index in [1.54, 1.807) is 30.3 Å². The van der Waals surface area contributed by atoms with Crippen molar-refractivity contribution in [2.45, 2.75) is 6.18 Å². The third kappa shape index (κ3) is 4.24. The summed E-state index contributed by atoms with van der Waals surface area (Å²) in [7, 11) is 0. The molecule has 0 bridgehead atoms. The molecule has 1 amide bonds. The van der Waals surface area contributed by atoms with E-state index in [2.05, 4.69) is 10.3 Å². The highest BCUT2D eigenvalue weighted by atomic mass is 35.5. The predicted octanol–water partition coefficient (Wildman–Crippen LogP) is 5.89. The van der Waals surface area contributed by atoms with Gasteiger partial charge >= 0.3 is 6.18 Å². The van der Waals surface area contributed by atoms with E-state index in [1.807, 2.05) is 0 Å². The average molecular weight is 383 g/mol. The van der Waals surface area contributed by atoms with Gasteiger partial charge in [0.15, 0.2) is 0 Å². The van der Waals surface area contributed by atoms with E-state index >= 15 is 0 Å². The van der Waals surface area contributed by atoms with Crippen molar-refractivity contribution in [3.05, 3.63) is 69.6 Å². The van der Waals surface area contributed by atoms with Gasteiger partial charge in [0, 0.05) is 5.02 Å². The van der Waals surface area contributed by atoms with Gasteiger partial charge in [-0.25, -0.2) is 4.99 Å². The van der Waals surface area contributed by atoms with Crippen LogP contribution in [0.15, 0.2) is 58.4 Å². The predicted molar refractivity (Wildman–Crippen MR) is 94.1 cm³/mol. The van der Waals surface area contributed by atoms with Gasteiger partial charge in [0.2, 0.25) is 0 Å². The van der Waals surface area contributed by atoms with Crippen molar-refractivity contribution in [2.75, 3.05) is 0 Å². The number of nitrogens with one attached hydrogen (secondary N) is 1. The Morgan fingerprint density at radius 3 is 2.44 bits per heavy atom. The van der Waals surface area contributed by atoms with Gasteiger partial charge < -0.3 is 5.32 Å². The number of hydrogen-bond acceptors (Lipinski definition) is 3. The molecule has 1 saturated heterocycles. The molecule has 128 valence electrons. The van der Waals surface area contributed by atoms with E-state index in [4.69, 9.17) is 11.6 Å². The molecule has 2 aromatic rings. The van der Waals surface area contributed by atoms with Crippen molar-refractivity contribution >= 4 is 46.2 Å². The maximum Gasteiger partial charge on any atom is 0.418 e. The minimum atomic E-state index is -4.53. The maximum atomic E-state index is 13.1. The number of benzene rings is 2. The topological polar surface area (TPSA) is 41.5 Å². The molecule has 0 aromatic heterocycles. The molecule has 2 aromatic carbocycles. The molecule has 1 heterocycles. The van der Waals surface area contributed by atoms with Crippen LogP contribution in [0.4, 0.5) is 23.7 Å². The van der Waals surface area contributed by atoms with Gasteiger partial charge in [-0.05, 0) is 47.7 Å². The molecule has 0 unspecified atom stereocenters. The van der Waals surface area contributed by atoms with E-state index in [9.17, 15) is 18.0 Å². The molecular weight excluding hydrogens is 373 g/mol. The molecular formula is C17H10ClF3N2OS. The van der Waals surface area contributed by atoms with Crippen molar-refractivity contribution in [1.82, 2.24) is 5.32 Å². The number of amidine groups is 1. The SMILES string of the molecule is O=C1NC(=Nc2ccccc2C(F)(F)F)/C(=C/c2ccc(Cl)cc2)S1. The fourth-order valence-electron chi connectivity index (χ4n) is 2.15. The maximum absolute atomic E-state index is 13.1. The summed E-state index contributed by atoms with van der Waals surface area (Å²) in [6.07, 6.45) is -2.87. The molecule has 3 rings (SSSR count). The summed E-state index contributed by atoms with van der Waals surface area (Å²) in [6, 6.07) is 11.8. The van der Waals surface area contributed by atoms with E-state index in [0.29, 0.717) is 9.93 Å². The zero-order valence-electron chi connectivity index (χ0n) is 12.5. The van der Waals surface area contributed by atoms with Gasteiger partial charge in [-0.1, -0.05) is 35.9 Å². The lowest BCUT2D eigenvalue weighted by Crippen LogP contribution is -2.19. The number of rotatable bonds is 2. The Labute approximate surface area is 150 Å². The molecule has 0 aliphatic carbocycles. The van der Waals surface area contributed by atoms with E-state index in [1.165, 1.54) is 18.2 Å². The minimum Gasteiger partial charge on any atom is -0.300 e. The number of para-hydroxylation sites is 1. The van der Waals surface area contributed by atoms with Crippen molar-refractivity contribution in [1.29, 1.82) is 0 Å². The molecule has 0 spiro atoms. The third-order valence-electron chi connectivity index (χ3n) is 3.27. The largest absolute Gasteiger partial charge is 0.418 e. The lowest BCUT2D eigenvalue weighted by molar-refractivity contribution is -0.137. The summed E-state index contributed by atoms with van der Waals surface area (Å²) in [5, 5.41) is 2.63. The van der Waals surface area contributed by atoms with Crippen LogP contribution in [0.5, 0.6) is 0 Å². The number of nitrogens with zero attached hydrogens (tertiary/aromatic N) is 1. The summed E-state index contributed by atoms with van der Waals surface area (Å²) in [4.78, 5) is 16.1. The lowest BCUT2D eigenvalue weighted by atomic mass is 10.1. The zero-order valence-corrected chi connectivity index (χ0v) is 14.0. The first-order valence-corrected chi connectivity index (χ1v) is 8.24. The first-order chi connectivity index (χ1) is 11.8. The number of amides is 1. The highest BCUT2D eigenvalue weighted by Crippen LogP contribution is 2.37. The summed E-state index contributed by atoms with van der Waals surface area (Å²) in [5.74, 6) is 0.0849. The Hall–Kier alpha value is -2.25. The number of carbonyl (C=O) groups is 1. The van der Waals surface area contributed by atoms with Crippen LogP contribution >= 0.6 is 23.4 Å². The number of alkyl halides is 3. The molecule has 1 aliphatic heterocycles. The Balaban J connectivity index is 2.02. The number of carbonyl (C=O) groups excluding carboxylic acids is 1. The van der Waals surface area contributed by atoms with Gasteiger partial charge in [0.05, 0.1) is 16.2 Å². The molecule has 1 fully saturated rings. The van der Waals surface area contributed by atoms with Gasteiger partial charge in [-0.3, -0.25) is 4.79 Å². The first kappa shape index (κ1) is 17.6. The van der Waals surface area contributed by atoms with E-state index < -0.39 is 17.0 Å². The van der Waals surface area contributed by atoms with Gasteiger partial charge in [-0.2, -0.15) is 13.2 Å². The first-order valence-electron chi connectivity index (χ1n) is 7.04. The quantitative estimate of drug-likeness (QED) is 0.704. The second-order valence-corrected chi connectivity index (χ2v) is 6.50. The fraction of sp³-hybridized carbons (Fsp3) is 0.0588. The highest BCUT2D eigenvalue weighted by Gasteiger charge is 2.34. The Kier molecular flexibility index (Phi) is 4.87. The standard InChI is InChI=1S/C17H10ClF3N2OS/c18-11-7-5-10(6-8-11)9-14-15(23-16(24)25-14)22-13-4-2-1-3-12(13)17(19,20)21/h1-9H,(H,22,23,24)/b14-9-. The Morgan fingerprint density at radius 1 is 1.08 bits per heavy atom. The van der Waals surface area contributed by atoms with Gasteiger partial charge in [0.1, 0.15) is 5.84 Å². The van der Waals surface area contributed by atoms with Gasteiger partial charge in [0.25, 0.3) is 5.24 Å². The third-order valence-corrected chi connectivity index (χ3v) is 4.34. The van der Waals surface area contributed by atoms with Crippen LogP contribution in [0.3, 0.4) is 0 Å². The van der Waals surface area contributed by atoms with Crippen molar-refractivity contribution < 1.29 is 18.0 Å². The normalized spacial score (nSPS) is 18.0. The highest BCUT2D eigenvalue weighted by molar-refractivity contribution is 8.18. The van der Waals surface area contributed by atoms with Crippen LogP contribution in [-0.2, 0) is 6.18 Å². The van der Waals surface area contributed by atoms with Gasteiger partial charge in [-0.15, -0.1) is 0 Å². The lowest BCUT2D eigenvalue weighted by Gasteiger charge is -2.10. The van der Waals surface area contributed by atoms with Crippen LogP contribution in [0.2, 0.25) is 5.02 Å². The molecule has 0 atom stereocenters. The van der Waals surface area contributed by atoms with E-state index in [0.717, 1.165) is 23.4 Å². The van der Waals surface area contributed by atoms with Crippen molar-refractivity contribution in [3.63, 3.8) is 0 Å². The zero-order chi connectivity index (χ0) is 18.0. The molecule has 8 heteroatoms. The van der Waals surface area contributed by atoms with Crippen LogP contribution in [0, 0.1) is 0 Å². The number of aliphatic imine (C=N–C) groups is 1. The molecule has 1 aliphatic rings.